The van der Waals surface area contributed by atoms with E-state index in [1.54, 1.807) is 0 Å². The molecule has 2 atom stereocenters. The van der Waals surface area contributed by atoms with Crippen molar-refractivity contribution in [2.75, 3.05) is 48.4 Å². The van der Waals surface area contributed by atoms with Gasteiger partial charge in [0.15, 0.2) is 5.75 Å². The van der Waals surface area contributed by atoms with E-state index in [-0.39, 0.29) is 29.9 Å². The number of hydrogen-bond acceptors (Lipinski definition) is 8. The second kappa shape index (κ2) is 12.0. The van der Waals surface area contributed by atoms with Crippen molar-refractivity contribution in [3.05, 3.63) is 75.7 Å². The summed E-state index contributed by atoms with van der Waals surface area (Å²) in [6.07, 6.45) is 1.29. The number of piperazine rings is 1. The number of anilines is 3. The summed E-state index contributed by atoms with van der Waals surface area (Å²) in [7, 11) is 1.51. The van der Waals surface area contributed by atoms with Crippen LogP contribution >= 0.6 is 0 Å². The summed E-state index contributed by atoms with van der Waals surface area (Å²) in [5.74, 6) is -0.718. The second-order valence-corrected chi connectivity index (χ2v) is 10.7. The number of alkyl halides is 3. The van der Waals surface area contributed by atoms with E-state index in [0.29, 0.717) is 55.1 Å². The molecule has 5 rings (SSSR count). The smallest absolute Gasteiger partial charge is 0.417 e. The third-order valence-corrected chi connectivity index (χ3v) is 7.34. The molecule has 43 heavy (non-hydrogen) atoms. The van der Waals surface area contributed by atoms with Crippen LogP contribution in [-0.2, 0) is 6.18 Å². The third-order valence-electron chi connectivity index (χ3n) is 7.34. The quantitative estimate of drug-likeness (QED) is 0.363. The fraction of sp³-hybridized carbons (Fsp3) is 0.379. The lowest BCUT2D eigenvalue weighted by Gasteiger charge is -2.38. The molecule has 0 aliphatic carbocycles. The molecule has 3 N–H and O–H groups in total. The Labute approximate surface area is 244 Å². The largest absolute Gasteiger partial charge is 0.494 e. The fourth-order valence-electron chi connectivity index (χ4n) is 5.47. The first kappa shape index (κ1) is 30.0. The van der Waals surface area contributed by atoms with Crippen molar-refractivity contribution >= 4 is 28.8 Å². The molecule has 10 nitrogen and oxygen atoms in total. The number of H-pyrrole nitrogens is 1. The van der Waals surface area contributed by atoms with Gasteiger partial charge >= 0.3 is 6.18 Å². The fourth-order valence-corrected chi connectivity index (χ4v) is 5.47. The van der Waals surface area contributed by atoms with Crippen LogP contribution in [0.5, 0.6) is 5.75 Å². The Balaban J connectivity index is 1.53. The van der Waals surface area contributed by atoms with Crippen molar-refractivity contribution in [1.82, 2.24) is 20.3 Å². The molecule has 3 aromatic rings. The molecule has 0 saturated carbocycles. The van der Waals surface area contributed by atoms with Crippen molar-refractivity contribution in [2.45, 2.75) is 38.5 Å². The predicted molar refractivity (Wildman–Crippen MR) is 154 cm³/mol. The first-order valence-electron chi connectivity index (χ1n) is 13.7. The average Bonchev–Trinajstić information content (AvgIpc) is 2.97. The van der Waals surface area contributed by atoms with E-state index in [1.807, 2.05) is 29.7 Å². The highest BCUT2D eigenvalue weighted by atomic mass is 19.4. The zero-order chi connectivity index (χ0) is 30.9. The highest BCUT2D eigenvalue weighted by Gasteiger charge is 2.36. The van der Waals surface area contributed by atoms with Crippen LogP contribution in [-0.4, -0.2) is 66.2 Å². The normalized spacial score (nSPS) is 19.2. The molecule has 0 unspecified atom stereocenters. The minimum absolute atomic E-state index is 0.0326. The van der Waals surface area contributed by atoms with Crippen molar-refractivity contribution in [1.29, 1.82) is 0 Å². The van der Waals surface area contributed by atoms with E-state index in [0.717, 1.165) is 6.20 Å². The highest BCUT2D eigenvalue weighted by Crippen LogP contribution is 2.36. The number of ether oxygens (including phenoxy) is 1. The monoisotopic (exact) mass is 601 g/mol. The van der Waals surface area contributed by atoms with Gasteiger partial charge < -0.3 is 30.2 Å². The Bertz CT molecular complexity index is 1580. The molecular weight excluding hydrogens is 570 g/mol. The maximum Gasteiger partial charge on any atom is 0.417 e. The number of hydrogen-bond donors (Lipinski definition) is 3. The lowest BCUT2D eigenvalue weighted by atomic mass is 9.98. The number of halogens is 4. The van der Waals surface area contributed by atoms with Crippen LogP contribution in [0.4, 0.5) is 34.9 Å². The standard InChI is InChI=1S/C29H31F4N7O3/c1-16-13-40(14-17(2)37-16)25-9-23(30)20(18-5-4-6-39(15-18)28-35-10-19(43-3)11-36-28)7-24(25)38-27(42)21-12-34-26(41)8-22(21)29(31,32)33/h5,7-12,16-17,37H,4,6,13-15H2,1-3H3,(H,34,41)(H,38,42)/t16-,17+. The molecule has 1 amide bonds. The number of aromatic amines is 1. The summed E-state index contributed by atoms with van der Waals surface area (Å²) in [5, 5.41) is 5.96. The molecule has 4 heterocycles. The molecule has 1 aromatic carbocycles. The van der Waals surface area contributed by atoms with Gasteiger partial charge in [-0.2, -0.15) is 13.2 Å². The van der Waals surface area contributed by atoms with Gasteiger partial charge in [0.1, 0.15) is 5.82 Å². The highest BCUT2D eigenvalue weighted by molar-refractivity contribution is 6.07. The van der Waals surface area contributed by atoms with Gasteiger partial charge in [-0.15, -0.1) is 0 Å². The van der Waals surface area contributed by atoms with Crippen molar-refractivity contribution in [2.24, 2.45) is 0 Å². The van der Waals surface area contributed by atoms with Gasteiger partial charge in [-0.05, 0) is 38.0 Å². The van der Waals surface area contributed by atoms with Crippen LogP contribution < -0.4 is 30.7 Å². The third kappa shape index (κ3) is 6.63. The van der Waals surface area contributed by atoms with Crippen LogP contribution in [0.2, 0.25) is 0 Å². The van der Waals surface area contributed by atoms with Crippen molar-refractivity contribution in [3.63, 3.8) is 0 Å². The average molecular weight is 602 g/mol. The number of rotatable bonds is 6. The molecule has 228 valence electrons. The van der Waals surface area contributed by atoms with E-state index in [1.165, 1.54) is 31.6 Å². The summed E-state index contributed by atoms with van der Waals surface area (Å²) < 4.78 is 62.2. The lowest BCUT2D eigenvalue weighted by molar-refractivity contribution is -0.138. The maximum atomic E-state index is 15.9. The zero-order valence-corrected chi connectivity index (χ0v) is 23.8. The summed E-state index contributed by atoms with van der Waals surface area (Å²) in [5.41, 5.74) is -1.86. The summed E-state index contributed by atoms with van der Waals surface area (Å²) in [6, 6.07) is 3.16. The Hall–Kier alpha value is -4.46. The van der Waals surface area contributed by atoms with Crippen LogP contribution in [0.3, 0.4) is 0 Å². The van der Waals surface area contributed by atoms with Gasteiger partial charge in [-0.3, -0.25) is 9.59 Å². The zero-order valence-electron chi connectivity index (χ0n) is 23.8. The number of aromatic nitrogens is 3. The van der Waals surface area contributed by atoms with Crippen LogP contribution in [0.15, 0.2) is 47.7 Å². The molecule has 2 aliphatic heterocycles. The first-order chi connectivity index (χ1) is 20.4. The molecule has 0 spiro atoms. The summed E-state index contributed by atoms with van der Waals surface area (Å²) in [6.45, 7) is 5.72. The number of nitrogens with zero attached hydrogens (tertiary/aromatic N) is 4. The molecule has 0 radical (unpaired) electrons. The molecular formula is C29H31F4N7O3. The molecule has 0 bridgehead atoms. The summed E-state index contributed by atoms with van der Waals surface area (Å²) in [4.78, 5) is 39.5. The van der Waals surface area contributed by atoms with Gasteiger partial charge in [-0.25, -0.2) is 14.4 Å². The Morgan fingerprint density at radius 2 is 1.79 bits per heavy atom. The van der Waals surface area contributed by atoms with E-state index in [2.05, 4.69) is 25.6 Å². The number of methoxy groups -OCH3 is 1. The maximum absolute atomic E-state index is 15.9. The number of pyridine rings is 1. The van der Waals surface area contributed by atoms with E-state index in [4.69, 9.17) is 4.74 Å². The van der Waals surface area contributed by atoms with E-state index >= 15 is 4.39 Å². The molecule has 14 heteroatoms. The SMILES string of the molecule is COc1cnc(N2CCC=C(c3cc(NC(=O)c4c[nH]c(=O)cc4C(F)(F)F)c(N4C[C@@H](C)N[C@@H](C)C4)cc3F)C2)nc1. The van der Waals surface area contributed by atoms with Crippen LogP contribution in [0.25, 0.3) is 5.57 Å². The second-order valence-electron chi connectivity index (χ2n) is 10.7. The number of carbonyl (C=O) groups excluding carboxylic acids is 1. The summed E-state index contributed by atoms with van der Waals surface area (Å²) >= 11 is 0. The first-order valence-corrected chi connectivity index (χ1v) is 13.7. The number of carbonyl (C=O) groups is 1. The van der Waals surface area contributed by atoms with Gasteiger partial charge in [0.25, 0.3) is 5.91 Å². The van der Waals surface area contributed by atoms with Crippen LogP contribution in [0.1, 0.15) is 41.8 Å². The number of nitrogens with one attached hydrogen (secondary N) is 3. The molecule has 2 aliphatic rings. The molecule has 1 fully saturated rings. The Morgan fingerprint density at radius 3 is 2.44 bits per heavy atom. The van der Waals surface area contributed by atoms with E-state index in [9.17, 15) is 22.8 Å². The molecule has 2 aromatic heterocycles. The Morgan fingerprint density at radius 1 is 1.09 bits per heavy atom. The van der Waals surface area contributed by atoms with E-state index < -0.39 is 34.6 Å². The van der Waals surface area contributed by atoms with Crippen LogP contribution in [0, 0.1) is 5.82 Å². The molecule has 1 saturated heterocycles. The minimum atomic E-state index is -4.94. The number of amides is 1. The Kier molecular flexibility index (Phi) is 8.40. The lowest BCUT2D eigenvalue weighted by Crippen LogP contribution is -2.54. The van der Waals surface area contributed by atoms with Gasteiger partial charge in [0, 0.05) is 56.1 Å². The van der Waals surface area contributed by atoms with Crippen molar-refractivity contribution < 1.29 is 27.1 Å². The minimum Gasteiger partial charge on any atom is -0.494 e. The van der Waals surface area contributed by atoms with Gasteiger partial charge in [0.2, 0.25) is 11.5 Å². The van der Waals surface area contributed by atoms with Gasteiger partial charge in [-0.1, -0.05) is 6.08 Å². The topological polar surface area (TPSA) is 115 Å². The van der Waals surface area contributed by atoms with Gasteiger partial charge in [0.05, 0.1) is 42.0 Å². The van der Waals surface area contributed by atoms with Crippen molar-refractivity contribution in [3.8, 4) is 5.75 Å². The number of benzene rings is 1. The predicted octanol–water partition coefficient (Wildman–Crippen LogP) is 4.06.